The van der Waals surface area contributed by atoms with Gasteiger partial charge in [-0.15, -0.1) is 0 Å². The molecular formula is C12H15F3N2OS. The number of nitrogens with two attached hydrogens (primary N) is 1. The van der Waals surface area contributed by atoms with Gasteiger partial charge in [-0.25, -0.2) is 0 Å². The summed E-state index contributed by atoms with van der Waals surface area (Å²) in [6, 6.07) is 5.47. The molecule has 0 spiro atoms. The molecule has 0 aliphatic carbocycles. The first-order valence-electron chi connectivity index (χ1n) is 5.58. The summed E-state index contributed by atoms with van der Waals surface area (Å²) in [5, 5.41) is 2.95. The van der Waals surface area contributed by atoms with Crippen molar-refractivity contribution in [1.29, 1.82) is 0 Å². The van der Waals surface area contributed by atoms with Gasteiger partial charge in [-0.3, -0.25) is 0 Å². The first-order chi connectivity index (χ1) is 8.79. The summed E-state index contributed by atoms with van der Waals surface area (Å²) in [6.07, 6.45) is -4.30. The largest absolute Gasteiger partial charge is 0.411 e. The van der Waals surface area contributed by atoms with Crippen LogP contribution in [0.25, 0.3) is 0 Å². The maximum absolute atomic E-state index is 11.8. The van der Waals surface area contributed by atoms with E-state index in [2.05, 4.69) is 10.1 Å². The van der Waals surface area contributed by atoms with E-state index < -0.39 is 12.8 Å². The van der Waals surface area contributed by atoms with Crippen LogP contribution >= 0.6 is 12.2 Å². The van der Waals surface area contributed by atoms with E-state index in [1.807, 2.05) is 19.1 Å². The van der Waals surface area contributed by atoms with Gasteiger partial charge in [0.25, 0.3) is 0 Å². The van der Waals surface area contributed by atoms with Gasteiger partial charge in [0.15, 0.2) is 0 Å². The molecule has 1 rings (SSSR count). The van der Waals surface area contributed by atoms with Crippen molar-refractivity contribution in [3.05, 3.63) is 29.3 Å². The predicted octanol–water partition coefficient (Wildman–Crippen LogP) is 2.62. The fourth-order valence-corrected chi connectivity index (χ4v) is 1.63. The fraction of sp³-hybridized carbons (Fsp3) is 0.417. The third-order valence-corrected chi connectivity index (χ3v) is 2.49. The Morgan fingerprint density at radius 3 is 2.68 bits per heavy atom. The van der Waals surface area contributed by atoms with Crippen molar-refractivity contribution in [3.63, 3.8) is 0 Å². The zero-order valence-electron chi connectivity index (χ0n) is 10.4. The van der Waals surface area contributed by atoms with Gasteiger partial charge in [0.1, 0.15) is 11.6 Å². The monoisotopic (exact) mass is 292 g/mol. The van der Waals surface area contributed by atoms with Crippen molar-refractivity contribution in [2.75, 3.05) is 25.1 Å². The van der Waals surface area contributed by atoms with Crippen LogP contribution in [0.2, 0.25) is 0 Å². The van der Waals surface area contributed by atoms with Crippen molar-refractivity contribution in [2.45, 2.75) is 13.1 Å². The predicted molar refractivity (Wildman–Crippen MR) is 72.4 cm³/mol. The van der Waals surface area contributed by atoms with Crippen molar-refractivity contribution in [1.82, 2.24) is 0 Å². The van der Waals surface area contributed by atoms with E-state index in [9.17, 15) is 13.2 Å². The Balaban J connectivity index is 2.47. The van der Waals surface area contributed by atoms with E-state index >= 15 is 0 Å². The summed E-state index contributed by atoms with van der Waals surface area (Å²) < 4.78 is 40.0. The number of benzene rings is 1. The number of thiocarbonyl (C=S) groups is 1. The number of nitrogens with one attached hydrogen (secondary N) is 1. The van der Waals surface area contributed by atoms with Gasteiger partial charge in [-0.1, -0.05) is 23.8 Å². The third-order valence-electron chi connectivity index (χ3n) is 2.27. The molecule has 1 aromatic rings. The Morgan fingerprint density at radius 1 is 1.42 bits per heavy atom. The maximum atomic E-state index is 11.8. The topological polar surface area (TPSA) is 47.3 Å². The molecule has 0 radical (unpaired) electrons. The lowest BCUT2D eigenvalue weighted by molar-refractivity contribution is -0.172. The molecule has 0 aromatic heterocycles. The summed E-state index contributed by atoms with van der Waals surface area (Å²) in [5.74, 6) is 0. The lowest BCUT2D eigenvalue weighted by atomic mass is 10.1. The van der Waals surface area contributed by atoms with Gasteiger partial charge in [0, 0.05) is 17.8 Å². The van der Waals surface area contributed by atoms with Crippen LogP contribution in [0, 0.1) is 6.92 Å². The molecule has 106 valence electrons. The highest BCUT2D eigenvalue weighted by molar-refractivity contribution is 7.80. The smallest absolute Gasteiger partial charge is 0.389 e. The summed E-state index contributed by atoms with van der Waals surface area (Å²) in [6.45, 7) is 0.849. The van der Waals surface area contributed by atoms with Gasteiger partial charge in [0.2, 0.25) is 0 Å². The van der Waals surface area contributed by atoms with Crippen LogP contribution in [0.5, 0.6) is 0 Å². The van der Waals surface area contributed by atoms with Crippen LogP contribution in [-0.2, 0) is 4.74 Å². The molecule has 3 nitrogen and oxygen atoms in total. The molecular weight excluding hydrogens is 277 g/mol. The molecule has 3 N–H and O–H groups in total. The Hall–Kier alpha value is -1.34. The molecule has 0 atom stereocenters. The Kier molecular flexibility index (Phi) is 5.56. The second-order valence-corrected chi connectivity index (χ2v) is 4.45. The normalized spacial score (nSPS) is 11.4. The van der Waals surface area contributed by atoms with E-state index in [0.717, 1.165) is 5.56 Å². The fourth-order valence-electron chi connectivity index (χ4n) is 1.46. The molecule has 1 aromatic carbocycles. The van der Waals surface area contributed by atoms with Crippen molar-refractivity contribution < 1.29 is 17.9 Å². The minimum atomic E-state index is -4.30. The lowest BCUT2D eigenvalue weighted by Crippen LogP contribution is -2.21. The molecule has 0 amide bonds. The number of rotatable bonds is 6. The number of alkyl halides is 3. The highest BCUT2D eigenvalue weighted by Crippen LogP contribution is 2.17. The summed E-state index contributed by atoms with van der Waals surface area (Å²) in [4.78, 5) is 0.238. The molecule has 0 unspecified atom stereocenters. The van der Waals surface area contributed by atoms with E-state index in [-0.39, 0.29) is 18.1 Å². The first-order valence-corrected chi connectivity index (χ1v) is 5.99. The van der Waals surface area contributed by atoms with Gasteiger partial charge in [0.05, 0.1) is 6.61 Å². The minimum absolute atomic E-state index is 0.0514. The molecule has 19 heavy (non-hydrogen) atoms. The van der Waals surface area contributed by atoms with Crippen LogP contribution < -0.4 is 11.1 Å². The molecule has 7 heteroatoms. The molecule has 0 heterocycles. The summed E-state index contributed by atoms with van der Waals surface area (Å²) in [5.41, 5.74) is 7.94. The third kappa shape index (κ3) is 5.89. The van der Waals surface area contributed by atoms with E-state index in [4.69, 9.17) is 18.0 Å². The number of aryl methyl sites for hydroxylation is 1. The summed E-state index contributed by atoms with van der Waals surface area (Å²) >= 11 is 4.92. The van der Waals surface area contributed by atoms with Crippen LogP contribution in [0.3, 0.4) is 0 Å². The van der Waals surface area contributed by atoms with Crippen molar-refractivity contribution >= 4 is 22.9 Å². The zero-order valence-corrected chi connectivity index (χ0v) is 11.2. The Labute approximate surface area is 114 Å². The van der Waals surface area contributed by atoms with Crippen molar-refractivity contribution in [2.24, 2.45) is 5.73 Å². The van der Waals surface area contributed by atoms with E-state index in [1.165, 1.54) is 0 Å². The number of halogens is 3. The number of hydrogen-bond donors (Lipinski definition) is 2. The lowest BCUT2D eigenvalue weighted by Gasteiger charge is -2.13. The highest BCUT2D eigenvalue weighted by atomic mass is 32.1. The number of anilines is 1. The van der Waals surface area contributed by atoms with Crippen LogP contribution in [-0.4, -0.2) is 30.9 Å². The highest BCUT2D eigenvalue weighted by Gasteiger charge is 2.27. The average Bonchev–Trinajstić information content (AvgIpc) is 2.28. The maximum Gasteiger partial charge on any atom is 0.411 e. The van der Waals surface area contributed by atoms with Gasteiger partial charge < -0.3 is 15.8 Å². The van der Waals surface area contributed by atoms with Crippen LogP contribution in [0.1, 0.15) is 11.1 Å². The Morgan fingerprint density at radius 2 is 2.11 bits per heavy atom. The quantitative estimate of drug-likeness (QED) is 0.625. The van der Waals surface area contributed by atoms with Crippen molar-refractivity contribution in [3.8, 4) is 0 Å². The van der Waals surface area contributed by atoms with Gasteiger partial charge in [-0.05, 0) is 19.1 Å². The number of ether oxygens (including phenoxy) is 1. The second-order valence-electron chi connectivity index (χ2n) is 4.01. The van der Waals surface area contributed by atoms with E-state index in [0.29, 0.717) is 11.3 Å². The zero-order chi connectivity index (χ0) is 14.5. The van der Waals surface area contributed by atoms with E-state index in [1.54, 1.807) is 6.07 Å². The van der Waals surface area contributed by atoms with Crippen LogP contribution in [0.4, 0.5) is 18.9 Å². The molecule has 0 fully saturated rings. The summed E-state index contributed by atoms with van der Waals surface area (Å²) in [7, 11) is 0. The molecule has 0 aliphatic heterocycles. The molecule has 0 saturated carbocycles. The molecule has 0 bridgehead atoms. The molecule has 0 saturated heterocycles. The standard InChI is InChI=1S/C12H15F3N2OS/c1-8-2-3-10(9(6-8)11(16)19)17-4-5-18-7-12(13,14)15/h2-3,6,17H,4-5,7H2,1H3,(H2,16,19). The number of hydrogen-bond acceptors (Lipinski definition) is 3. The Bertz CT molecular complexity index is 449. The van der Waals surface area contributed by atoms with Crippen LogP contribution in [0.15, 0.2) is 18.2 Å². The first kappa shape index (κ1) is 15.7. The minimum Gasteiger partial charge on any atom is -0.389 e. The molecule has 0 aliphatic rings. The van der Waals surface area contributed by atoms with Gasteiger partial charge >= 0.3 is 6.18 Å². The SMILES string of the molecule is Cc1ccc(NCCOCC(F)(F)F)c(C(N)=S)c1. The second kappa shape index (κ2) is 6.72. The van der Waals surface area contributed by atoms with Gasteiger partial charge in [-0.2, -0.15) is 13.2 Å². The average molecular weight is 292 g/mol.